The maximum Gasteiger partial charge on any atom is 0.251 e. The molecule has 0 radical (unpaired) electrons. The number of hydrogen-bond donors (Lipinski definition) is 1. The molecule has 0 aliphatic carbocycles. The molecule has 34 heavy (non-hydrogen) atoms. The van der Waals surface area contributed by atoms with Crippen LogP contribution in [-0.4, -0.2) is 81.5 Å². The fourth-order valence-electron chi connectivity index (χ4n) is 5.99. The summed E-state index contributed by atoms with van der Waals surface area (Å²) in [7, 11) is 1.76. The van der Waals surface area contributed by atoms with E-state index in [2.05, 4.69) is 0 Å². The van der Waals surface area contributed by atoms with Gasteiger partial charge < -0.3 is 19.8 Å². The molecule has 2 fully saturated rings. The molecule has 1 unspecified atom stereocenters. The minimum absolute atomic E-state index is 0.0635. The molecule has 4 heterocycles. The molecule has 1 aromatic carbocycles. The fraction of sp³-hybridized carbons (Fsp3) is 0.500. The van der Waals surface area contributed by atoms with Gasteiger partial charge in [-0.2, -0.15) is 0 Å². The second-order valence-electron chi connectivity index (χ2n) is 9.91. The van der Waals surface area contributed by atoms with E-state index in [4.69, 9.17) is 0 Å². The Morgan fingerprint density at radius 3 is 2.62 bits per heavy atom. The first kappa shape index (κ1) is 23.2. The van der Waals surface area contributed by atoms with Gasteiger partial charge in [0.15, 0.2) is 0 Å². The Balaban J connectivity index is 1.66. The number of likely N-dealkylation sites (tertiary alicyclic amines) is 1. The highest BCUT2D eigenvalue weighted by Crippen LogP contribution is 2.61. The molecule has 0 aromatic heterocycles. The highest BCUT2D eigenvalue weighted by molar-refractivity contribution is 8.02. The molecule has 4 aliphatic heterocycles. The number of aryl methyl sites for hydroxylation is 2. The van der Waals surface area contributed by atoms with Gasteiger partial charge in [-0.25, -0.2) is 0 Å². The third-order valence-electron chi connectivity index (χ3n) is 7.69. The van der Waals surface area contributed by atoms with E-state index in [-0.39, 0.29) is 29.6 Å². The van der Waals surface area contributed by atoms with Crippen LogP contribution >= 0.6 is 11.8 Å². The van der Waals surface area contributed by atoms with Gasteiger partial charge in [-0.05, 0) is 38.0 Å². The summed E-state index contributed by atoms with van der Waals surface area (Å²) in [6.45, 7) is 6.38. The number of rotatable bonds is 3. The number of benzene rings is 1. The molecule has 4 aliphatic rings. The van der Waals surface area contributed by atoms with E-state index in [1.54, 1.807) is 40.4 Å². The van der Waals surface area contributed by atoms with E-state index in [9.17, 15) is 19.5 Å². The second kappa shape index (κ2) is 8.27. The van der Waals surface area contributed by atoms with Crippen molar-refractivity contribution in [2.75, 3.05) is 31.6 Å². The summed E-state index contributed by atoms with van der Waals surface area (Å²) in [6.07, 6.45) is 7.99. The summed E-state index contributed by atoms with van der Waals surface area (Å²) in [4.78, 5) is 46.7. The topological polar surface area (TPSA) is 81.2 Å². The van der Waals surface area contributed by atoms with E-state index in [1.165, 1.54) is 0 Å². The van der Waals surface area contributed by atoms with Gasteiger partial charge in [0.25, 0.3) is 5.91 Å². The lowest BCUT2D eigenvalue weighted by atomic mass is 9.78. The molecule has 7 nitrogen and oxygen atoms in total. The molecular weight excluding hydrogens is 450 g/mol. The zero-order chi connectivity index (χ0) is 24.4. The second-order valence-corrected chi connectivity index (χ2v) is 11.4. The fourth-order valence-corrected chi connectivity index (χ4v) is 7.98. The third kappa shape index (κ3) is 3.18. The molecule has 1 N–H and O–H groups in total. The number of anilines is 1. The number of nitrogens with zero attached hydrogens (tertiary/aromatic N) is 3. The average molecular weight is 482 g/mol. The maximum atomic E-state index is 14.3. The number of carbonyl (C=O) groups excluding carboxylic acids is 3. The molecular formula is C26H31N3O4S. The van der Waals surface area contributed by atoms with Crippen LogP contribution < -0.4 is 4.90 Å². The van der Waals surface area contributed by atoms with Crippen molar-refractivity contribution in [2.45, 2.75) is 42.9 Å². The van der Waals surface area contributed by atoms with E-state index in [0.29, 0.717) is 13.1 Å². The first-order chi connectivity index (χ1) is 16.2. The molecule has 8 heteroatoms. The number of aliphatic hydroxyl groups is 1. The molecule has 5 rings (SSSR count). The van der Waals surface area contributed by atoms with Gasteiger partial charge in [0.2, 0.25) is 11.8 Å². The summed E-state index contributed by atoms with van der Waals surface area (Å²) in [5, 5.41) is 9.85. The lowest BCUT2D eigenvalue weighted by Crippen LogP contribution is -2.56. The Kier molecular flexibility index (Phi) is 5.64. The molecule has 1 aromatic rings. The van der Waals surface area contributed by atoms with Crippen molar-refractivity contribution in [1.82, 2.24) is 9.80 Å². The number of carbonyl (C=O) groups is 3. The largest absolute Gasteiger partial charge is 0.394 e. The van der Waals surface area contributed by atoms with Crippen molar-refractivity contribution in [3.8, 4) is 0 Å². The van der Waals surface area contributed by atoms with Crippen molar-refractivity contribution in [3.63, 3.8) is 0 Å². The van der Waals surface area contributed by atoms with Gasteiger partial charge in [0.1, 0.15) is 6.04 Å². The average Bonchev–Trinajstić information content (AvgIpc) is 3.15. The normalized spacial score (nSPS) is 33.6. The van der Waals surface area contributed by atoms with Crippen LogP contribution in [0.5, 0.6) is 0 Å². The van der Waals surface area contributed by atoms with Crippen LogP contribution in [0.25, 0.3) is 0 Å². The van der Waals surface area contributed by atoms with Crippen molar-refractivity contribution in [2.24, 2.45) is 11.8 Å². The summed E-state index contributed by atoms with van der Waals surface area (Å²) < 4.78 is -0.864. The van der Waals surface area contributed by atoms with Crippen LogP contribution in [0.4, 0.5) is 5.69 Å². The maximum absolute atomic E-state index is 14.3. The van der Waals surface area contributed by atoms with E-state index >= 15 is 0 Å². The van der Waals surface area contributed by atoms with Gasteiger partial charge in [-0.1, -0.05) is 36.4 Å². The monoisotopic (exact) mass is 481 g/mol. The molecule has 0 saturated carbocycles. The minimum Gasteiger partial charge on any atom is -0.394 e. The van der Waals surface area contributed by atoms with Crippen LogP contribution in [0.3, 0.4) is 0 Å². The highest BCUT2D eigenvalue weighted by atomic mass is 32.2. The van der Waals surface area contributed by atoms with Crippen LogP contribution in [-0.2, 0) is 14.4 Å². The van der Waals surface area contributed by atoms with E-state index < -0.39 is 28.7 Å². The third-order valence-corrected chi connectivity index (χ3v) is 9.44. The predicted octanol–water partition coefficient (Wildman–Crippen LogP) is 1.91. The van der Waals surface area contributed by atoms with Crippen LogP contribution in [0, 0.1) is 25.7 Å². The zero-order valence-electron chi connectivity index (χ0n) is 20.0. The van der Waals surface area contributed by atoms with Gasteiger partial charge >= 0.3 is 0 Å². The Morgan fingerprint density at radius 1 is 1.12 bits per heavy atom. The van der Waals surface area contributed by atoms with Crippen molar-refractivity contribution in [3.05, 3.63) is 53.6 Å². The number of likely N-dealkylation sites (N-methyl/N-ethyl adjacent to an activating group) is 1. The Morgan fingerprint density at radius 2 is 1.88 bits per heavy atom. The first-order valence-electron chi connectivity index (χ1n) is 11.8. The van der Waals surface area contributed by atoms with E-state index in [1.807, 2.05) is 56.4 Å². The Labute approximate surface area is 204 Å². The quantitative estimate of drug-likeness (QED) is 0.667. The van der Waals surface area contributed by atoms with Crippen LogP contribution in [0.1, 0.15) is 18.1 Å². The van der Waals surface area contributed by atoms with Gasteiger partial charge in [-0.15, -0.1) is 11.8 Å². The van der Waals surface area contributed by atoms with Crippen LogP contribution in [0.2, 0.25) is 0 Å². The molecule has 3 amide bonds. The molecule has 0 bridgehead atoms. The lowest BCUT2D eigenvalue weighted by molar-refractivity contribution is -0.143. The van der Waals surface area contributed by atoms with Crippen molar-refractivity contribution < 1.29 is 19.5 Å². The molecule has 6 atom stereocenters. The van der Waals surface area contributed by atoms with Gasteiger partial charge in [0, 0.05) is 31.1 Å². The number of fused-ring (bicyclic) bond motifs is 2. The smallest absolute Gasteiger partial charge is 0.251 e. The van der Waals surface area contributed by atoms with Gasteiger partial charge in [-0.3, -0.25) is 14.4 Å². The Bertz CT molecular complexity index is 1120. The first-order valence-corrected chi connectivity index (χ1v) is 12.7. The summed E-state index contributed by atoms with van der Waals surface area (Å²) in [5.41, 5.74) is 2.86. The number of hydrogen-bond acceptors (Lipinski definition) is 5. The van der Waals surface area contributed by atoms with Crippen molar-refractivity contribution >= 4 is 35.2 Å². The van der Waals surface area contributed by atoms with Gasteiger partial charge in [0.05, 0.1) is 29.2 Å². The lowest BCUT2D eigenvalue weighted by Gasteiger charge is -2.37. The predicted molar refractivity (Wildman–Crippen MR) is 132 cm³/mol. The SMILES string of the molecule is Cc1ccc(C)c(N2CC=C[C@]34S[C@H]5C=CCN(C)C(=O)[C@H]5[C@H]3C(=O)N([C@H](C)CO)C4C2=O)c1. The number of amides is 3. The number of thioether (sulfide) groups is 1. The number of aliphatic hydroxyl groups excluding tert-OH is 1. The summed E-state index contributed by atoms with van der Waals surface area (Å²) >= 11 is 1.56. The minimum atomic E-state index is -0.864. The summed E-state index contributed by atoms with van der Waals surface area (Å²) in [6, 6.07) is 4.68. The summed E-state index contributed by atoms with van der Waals surface area (Å²) in [5.74, 6) is -1.64. The zero-order valence-corrected chi connectivity index (χ0v) is 20.8. The van der Waals surface area contributed by atoms with Crippen LogP contribution in [0.15, 0.2) is 42.5 Å². The Hall–Kier alpha value is -2.58. The van der Waals surface area contributed by atoms with E-state index in [0.717, 1.165) is 16.8 Å². The molecule has 1 spiro atoms. The molecule has 2 saturated heterocycles. The molecule has 180 valence electrons. The highest BCUT2D eigenvalue weighted by Gasteiger charge is 2.71. The van der Waals surface area contributed by atoms with Crippen molar-refractivity contribution in [1.29, 1.82) is 0 Å². The standard InChI is InChI=1S/C26H31N3O4S/c1-15-8-9-16(2)18(13-15)28-12-6-10-26-21(20-19(34-26)7-5-11-27(4)23(20)31)24(32)29(17(3)14-30)22(26)25(28)33/h5-10,13,17,19-22,30H,11-12,14H2,1-4H3/t17-,19+,20-,21+,22?,26+/m1/s1.